The molecule has 88 valence electrons. The second kappa shape index (κ2) is 4.61. The van der Waals surface area contributed by atoms with Crippen LogP contribution in [-0.2, 0) is 0 Å². The molecule has 2 rings (SSSR count). The Hall–Kier alpha value is -1.42. The summed E-state index contributed by atoms with van der Waals surface area (Å²) in [5.74, 6) is 1.92. The Kier molecular flexibility index (Phi) is 3.19. The molecule has 2 N–H and O–H groups in total. The van der Waals surface area contributed by atoms with Crippen LogP contribution >= 0.6 is 0 Å². The second-order valence-corrected chi connectivity index (χ2v) is 3.96. The molecule has 4 nitrogen and oxygen atoms in total. The maximum atomic E-state index is 9.65. The van der Waals surface area contributed by atoms with Crippen molar-refractivity contribution in [3.63, 3.8) is 0 Å². The quantitative estimate of drug-likeness (QED) is 0.815. The zero-order chi connectivity index (χ0) is 11.5. The number of nitrogens with one attached hydrogen (secondary N) is 1. The molecule has 0 aromatic heterocycles. The highest BCUT2D eigenvalue weighted by atomic mass is 16.5. The Morgan fingerprint density at radius 1 is 1.31 bits per heavy atom. The van der Waals surface area contributed by atoms with Gasteiger partial charge in [0.2, 0.25) is 0 Å². The van der Waals surface area contributed by atoms with Gasteiger partial charge in [-0.25, -0.2) is 0 Å². The summed E-state index contributed by atoms with van der Waals surface area (Å²) in [5, 5.41) is 13.0. The molecule has 1 fully saturated rings. The predicted octanol–water partition coefficient (Wildman–Crippen LogP) is 1.49. The fraction of sp³-hybridized carbons (Fsp3) is 0.500. The Balaban J connectivity index is 2.44. The number of hydrogen-bond donors (Lipinski definition) is 2. The molecule has 0 bridgehead atoms. The van der Waals surface area contributed by atoms with Crippen LogP contribution in [0.3, 0.4) is 0 Å². The first-order valence-corrected chi connectivity index (χ1v) is 5.42. The smallest absolute Gasteiger partial charge is 0.164 e. The molecule has 1 aliphatic heterocycles. The minimum Gasteiger partial charge on any atom is -0.508 e. The predicted molar refractivity (Wildman–Crippen MR) is 61.4 cm³/mol. The number of ether oxygens (including phenoxy) is 2. The van der Waals surface area contributed by atoms with Gasteiger partial charge in [0.1, 0.15) is 5.75 Å². The maximum Gasteiger partial charge on any atom is 0.164 e. The molecule has 1 heterocycles. The van der Waals surface area contributed by atoms with E-state index in [1.165, 1.54) is 0 Å². The topological polar surface area (TPSA) is 50.7 Å². The van der Waals surface area contributed by atoms with Crippen LogP contribution in [-0.4, -0.2) is 32.4 Å². The molecule has 0 radical (unpaired) electrons. The highest BCUT2D eigenvalue weighted by Gasteiger charge is 2.23. The average molecular weight is 223 g/mol. The van der Waals surface area contributed by atoms with Crippen molar-refractivity contribution < 1.29 is 14.6 Å². The number of rotatable bonds is 3. The van der Waals surface area contributed by atoms with Gasteiger partial charge in [0.25, 0.3) is 0 Å². The summed E-state index contributed by atoms with van der Waals surface area (Å²) in [7, 11) is 3.20. The average Bonchev–Trinajstić information content (AvgIpc) is 2.81. The van der Waals surface area contributed by atoms with E-state index in [0.29, 0.717) is 11.7 Å². The number of benzene rings is 1. The van der Waals surface area contributed by atoms with Crippen molar-refractivity contribution in [2.45, 2.75) is 12.3 Å². The largest absolute Gasteiger partial charge is 0.508 e. The van der Waals surface area contributed by atoms with E-state index in [4.69, 9.17) is 9.47 Å². The molecule has 0 spiro atoms. The molecule has 16 heavy (non-hydrogen) atoms. The van der Waals surface area contributed by atoms with Crippen molar-refractivity contribution in [2.75, 3.05) is 27.3 Å². The molecule has 4 heteroatoms. The van der Waals surface area contributed by atoms with E-state index >= 15 is 0 Å². The number of hydrogen-bond acceptors (Lipinski definition) is 4. The van der Waals surface area contributed by atoms with E-state index in [1.807, 2.05) is 0 Å². The lowest BCUT2D eigenvalue weighted by molar-refractivity contribution is 0.346. The van der Waals surface area contributed by atoms with Crippen molar-refractivity contribution in [2.24, 2.45) is 0 Å². The molecule has 1 aromatic rings. The monoisotopic (exact) mass is 223 g/mol. The van der Waals surface area contributed by atoms with Crippen LogP contribution in [0.2, 0.25) is 0 Å². The summed E-state index contributed by atoms with van der Waals surface area (Å²) in [6.07, 6.45) is 1.06. The number of phenols is 1. The Bertz CT molecular complexity index is 373. The van der Waals surface area contributed by atoms with Gasteiger partial charge in [-0.05, 0) is 19.0 Å². The van der Waals surface area contributed by atoms with Gasteiger partial charge < -0.3 is 19.9 Å². The van der Waals surface area contributed by atoms with Crippen molar-refractivity contribution in [1.82, 2.24) is 5.32 Å². The van der Waals surface area contributed by atoms with Gasteiger partial charge in [0.15, 0.2) is 11.5 Å². The molecule has 1 aliphatic rings. The third-order valence-electron chi connectivity index (χ3n) is 2.99. The van der Waals surface area contributed by atoms with Gasteiger partial charge in [0, 0.05) is 24.1 Å². The summed E-state index contributed by atoms with van der Waals surface area (Å²) in [6.45, 7) is 1.93. The van der Waals surface area contributed by atoms with Crippen LogP contribution in [0.4, 0.5) is 0 Å². The SMILES string of the molecule is COc1cc(O)cc(C2CCNC2)c1OC. The third kappa shape index (κ3) is 1.93. The summed E-state index contributed by atoms with van der Waals surface area (Å²) >= 11 is 0. The van der Waals surface area contributed by atoms with E-state index in [1.54, 1.807) is 26.4 Å². The Morgan fingerprint density at radius 3 is 2.69 bits per heavy atom. The van der Waals surface area contributed by atoms with Gasteiger partial charge in [-0.2, -0.15) is 0 Å². The van der Waals surface area contributed by atoms with Crippen LogP contribution in [0.1, 0.15) is 17.9 Å². The second-order valence-electron chi connectivity index (χ2n) is 3.96. The standard InChI is InChI=1S/C12H17NO3/c1-15-11-6-9(14)5-10(12(11)16-2)8-3-4-13-7-8/h5-6,8,13-14H,3-4,7H2,1-2H3. The first-order chi connectivity index (χ1) is 7.76. The first-order valence-electron chi connectivity index (χ1n) is 5.42. The minimum atomic E-state index is 0.222. The molecule has 1 atom stereocenters. The van der Waals surface area contributed by atoms with Crippen molar-refractivity contribution in [3.8, 4) is 17.2 Å². The molecule has 1 saturated heterocycles. The highest BCUT2D eigenvalue weighted by molar-refractivity contribution is 5.53. The van der Waals surface area contributed by atoms with E-state index in [2.05, 4.69) is 5.32 Å². The van der Waals surface area contributed by atoms with Gasteiger partial charge in [-0.1, -0.05) is 0 Å². The molecule has 1 unspecified atom stereocenters. The van der Waals surface area contributed by atoms with Crippen LogP contribution in [0, 0.1) is 0 Å². The fourth-order valence-corrected chi connectivity index (χ4v) is 2.20. The van der Waals surface area contributed by atoms with Gasteiger partial charge in [-0.3, -0.25) is 0 Å². The maximum absolute atomic E-state index is 9.65. The van der Waals surface area contributed by atoms with Crippen LogP contribution in [0.25, 0.3) is 0 Å². The lowest BCUT2D eigenvalue weighted by Gasteiger charge is -2.17. The van der Waals surface area contributed by atoms with Gasteiger partial charge in [-0.15, -0.1) is 0 Å². The molecule has 0 amide bonds. The normalized spacial score (nSPS) is 19.8. The summed E-state index contributed by atoms with van der Waals surface area (Å²) < 4.78 is 10.6. The Morgan fingerprint density at radius 2 is 2.12 bits per heavy atom. The van der Waals surface area contributed by atoms with Crippen LogP contribution < -0.4 is 14.8 Å². The zero-order valence-corrected chi connectivity index (χ0v) is 9.62. The fourth-order valence-electron chi connectivity index (χ4n) is 2.20. The van der Waals surface area contributed by atoms with Gasteiger partial charge in [0.05, 0.1) is 14.2 Å². The molecule has 0 saturated carbocycles. The van der Waals surface area contributed by atoms with E-state index in [-0.39, 0.29) is 5.75 Å². The minimum absolute atomic E-state index is 0.222. The molecular formula is C12H17NO3. The van der Waals surface area contributed by atoms with Crippen molar-refractivity contribution >= 4 is 0 Å². The summed E-state index contributed by atoms with van der Waals surface area (Å²) in [4.78, 5) is 0. The zero-order valence-electron chi connectivity index (χ0n) is 9.62. The highest BCUT2D eigenvalue weighted by Crippen LogP contribution is 2.40. The van der Waals surface area contributed by atoms with E-state index in [9.17, 15) is 5.11 Å². The van der Waals surface area contributed by atoms with Gasteiger partial charge >= 0.3 is 0 Å². The summed E-state index contributed by atoms with van der Waals surface area (Å²) in [5.41, 5.74) is 1.02. The van der Waals surface area contributed by atoms with Crippen LogP contribution in [0.5, 0.6) is 17.2 Å². The van der Waals surface area contributed by atoms with E-state index < -0.39 is 0 Å². The molecule has 0 aliphatic carbocycles. The number of aromatic hydroxyl groups is 1. The lowest BCUT2D eigenvalue weighted by atomic mass is 9.96. The van der Waals surface area contributed by atoms with Crippen molar-refractivity contribution in [3.05, 3.63) is 17.7 Å². The molecular weight excluding hydrogens is 206 g/mol. The lowest BCUT2D eigenvalue weighted by Crippen LogP contribution is -2.09. The third-order valence-corrected chi connectivity index (χ3v) is 2.99. The Labute approximate surface area is 95.2 Å². The first kappa shape index (κ1) is 11.1. The number of phenolic OH excluding ortho intramolecular Hbond substituents is 1. The number of methoxy groups -OCH3 is 2. The van der Waals surface area contributed by atoms with Crippen molar-refractivity contribution in [1.29, 1.82) is 0 Å². The van der Waals surface area contributed by atoms with Crippen LogP contribution in [0.15, 0.2) is 12.1 Å². The van der Waals surface area contributed by atoms with E-state index in [0.717, 1.165) is 30.8 Å². The summed E-state index contributed by atoms with van der Waals surface area (Å²) in [6, 6.07) is 3.34. The molecule has 1 aromatic carbocycles.